The first-order valence-corrected chi connectivity index (χ1v) is 11.6. The van der Waals surface area contributed by atoms with E-state index < -0.39 is 15.1 Å². The second-order valence-electron chi connectivity index (χ2n) is 7.42. The summed E-state index contributed by atoms with van der Waals surface area (Å²) >= 11 is 0. The van der Waals surface area contributed by atoms with Crippen LogP contribution in [-0.2, 0) is 9.84 Å². The average molecular weight is 457 g/mol. The molecule has 0 aliphatic heterocycles. The van der Waals surface area contributed by atoms with Gasteiger partial charge in [0.2, 0.25) is 0 Å². The molecule has 7 heteroatoms. The first-order valence-electron chi connectivity index (χ1n) is 10.0. The molecule has 32 heavy (non-hydrogen) atoms. The molecule has 0 heterocycles. The van der Waals surface area contributed by atoms with Gasteiger partial charge in [0.05, 0.1) is 33.3 Å². The number of benzene rings is 3. The molecule has 0 radical (unpaired) electrons. The molecular weight excluding hydrogens is 428 g/mol. The molecule has 0 bridgehead atoms. The predicted octanol–water partition coefficient (Wildman–Crippen LogP) is 4.90. The minimum Gasteiger partial charge on any atom is -0.496 e. The summed E-state index contributed by atoms with van der Waals surface area (Å²) < 4.78 is 49.8. The highest BCUT2D eigenvalue weighted by Gasteiger charge is 2.34. The minimum absolute atomic E-state index is 0.221. The molecule has 0 N–H and O–H groups in total. The lowest BCUT2D eigenvalue weighted by molar-refractivity contribution is 0.347. The van der Waals surface area contributed by atoms with E-state index in [0.717, 1.165) is 11.1 Å². The summed E-state index contributed by atoms with van der Waals surface area (Å²) in [7, 11) is 2.26. The lowest BCUT2D eigenvalue weighted by Gasteiger charge is -2.23. The van der Waals surface area contributed by atoms with Crippen molar-refractivity contribution in [2.45, 2.75) is 24.0 Å². The smallest absolute Gasteiger partial charge is 0.189 e. The van der Waals surface area contributed by atoms with E-state index in [1.165, 1.54) is 21.3 Å². The molecule has 0 amide bonds. The zero-order chi connectivity index (χ0) is 23.5. The van der Waals surface area contributed by atoms with Crippen molar-refractivity contribution >= 4 is 9.84 Å². The van der Waals surface area contributed by atoms with Gasteiger partial charge in [-0.2, -0.15) is 0 Å². The topological polar surface area (TPSA) is 71.1 Å². The summed E-state index contributed by atoms with van der Waals surface area (Å²) in [5.74, 6) is 1.93. The Morgan fingerprint density at radius 1 is 0.656 bits per heavy atom. The van der Waals surface area contributed by atoms with Gasteiger partial charge in [0.15, 0.2) is 21.3 Å². The van der Waals surface area contributed by atoms with Crippen molar-refractivity contribution in [1.82, 2.24) is 0 Å². The van der Waals surface area contributed by atoms with Crippen LogP contribution in [0, 0.1) is 13.8 Å². The van der Waals surface area contributed by atoms with Crippen molar-refractivity contribution < 1.29 is 27.4 Å². The van der Waals surface area contributed by atoms with E-state index in [9.17, 15) is 8.42 Å². The number of rotatable bonds is 8. The highest BCUT2D eigenvalue weighted by Crippen LogP contribution is 2.45. The zero-order valence-corrected chi connectivity index (χ0v) is 19.9. The standard InChI is InChI=1S/C25H28O6S/c1-16-7-10-19(11-8-16)32(26,27)25(18-9-12-21(28-3)17(2)13-18)20-14-23(30-5)24(31-6)15-22(20)29-4/h7-15,25H,1-6H3. The van der Waals surface area contributed by atoms with Crippen molar-refractivity contribution in [1.29, 1.82) is 0 Å². The van der Waals surface area contributed by atoms with E-state index in [1.54, 1.807) is 55.6 Å². The van der Waals surface area contributed by atoms with Crippen LogP contribution in [0.3, 0.4) is 0 Å². The maximum absolute atomic E-state index is 14.0. The number of ether oxygens (including phenoxy) is 4. The monoisotopic (exact) mass is 456 g/mol. The van der Waals surface area contributed by atoms with Crippen LogP contribution in [0.15, 0.2) is 59.5 Å². The van der Waals surface area contributed by atoms with Gasteiger partial charge in [-0.25, -0.2) is 8.42 Å². The van der Waals surface area contributed by atoms with Gasteiger partial charge in [-0.3, -0.25) is 0 Å². The van der Waals surface area contributed by atoms with Crippen LogP contribution in [-0.4, -0.2) is 36.9 Å². The summed E-state index contributed by atoms with van der Waals surface area (Å²) in [5.41, 5.74) is 2.85. The second kappa shape index (κ2) is 9.53. The maximum Gasteiger partial charge on any atom is 0.189 e. The molecule has 0 saturated heterocycles. The van der Waals surface area contributed by atoms with E-state index >= 15 is 0 Å². The van der Waals surface area contributed by atoms with E-state index in [-0.39, 0.29) is 4.90 Å². The normalized spacial score (nSPS) is 12.2. The van der Waals surface area contributed by atoms with Crippen LogP contribution >= 0.6 is 0 Å². The van der Waals surface area contributed by atoms with Crippen molar-refractivity contribution in [3.05, 3.63) is 76.9 Å². The summed E-state index contributed by atoms with van der Waals surface area (Å²) in [6.45, 7) is 3.79. The highest BCUT2D eigenvalue weighted by molar-refractivity contribution is 7.92. The van der Waals surface area contributed by atoms with Gasteiger partial charge in [0.25, 0.3) is 0 Å². The Morgan fingerprint density at radius 2 is 1.22 bits per heavy atom. The number of sulfone groups is 1. The van der Waals surface area contributed by atoms with Gasteiger partial charge in [0, 0.05) is 11.6 Å². The Hall–Kier alpha value is -3.19. The third kappa shape index (κ3) is 4.39. The van der Waals surface area contributed by atoms with Gasteiger partial charge in [-0.1, -0.05) is 29.8 Å². The second-order valence-corrected chi connectivity index (χ2v) is 9.45. The molecule has 3 rings (SSSR count). The van der Waals surface area contributed by atoms with Crippen LogP contribution in [0.25, 0.3) is 0 Å². The summed E-state index contributed by atoms with van der Waals surface area (Å²) in [6.07, 6.45) is 0. The molecule has 0 aliphatic rings. The van der Waals surface area contributed by atoms with E-state index in [1.807, 2.05) is 19.9 Å². The Balaban J connectivity index is 2.33. The van der Waals surface area contributed by atoms with Crippen LogP contribution in [0.2, 0.25) is 0 Å². The quantitative estimate of drug-likeness (QED) is 0.480. The third-order valence-electron chi connectivity index (χ3n) is 5.40. The highest BCUT2D eigenvalue weighted by atomic mass is 32.2. The van der Waals surface area contributed by atoms with Crippen molar-refractivity contribution in [2.75, 3.05) is 28.4 Å². The predicted molar refractivity (Wildman–Crippen MR) is 124 cm³/mol. The molecule has 170 valence electrons. The fraction of sp³-hybridized carbons (Fsp3) is 0.280. The fourth-order valence-corrected chi connectivity index (χ4v) is 5.52. The van der Waals surface area contributed by atoms with Crippen LogP contribution < -0.4 is 18.9 Å². The largest absolute Gasteiger partial charge is 0.496 e. The van der Waals surface area contributed by atoms with E-state index in [4.69, 9.17) is 18.9 Å². The Morgan fingerprint density at radius 3 is 1.75 bits per heavy atom. The molecule has 0 spiro atoms. The van der Waals surface area contributed by atoms with E-state index in [2.05, 4.69) is 0 Å². The van der Waals surface area contributed by atoms with Crippen LogP contribution in [0.5, 0.6) is 23.0 Å². The molecule has 6 nitrogen and oxygen atoms in total. The Kier molecular flexibility index (Phi) is 6.99. The molecule has 0 fully saturated rings. The lowest BCUT2D eigenvalue weighted by atomic mass is 10.0. The van der Waals surface area contributed by atoms with Gasteiger partial charge in [0.1, 0.15) is 16.7 Å². The number of hydrogen-bond acceptors (Lipinski definition) is 6. The van der Waals surface area contributed by atoms with Gasteiger partial charge in [-0.15, -0.1) is 0 Å². The Labute approximate surface area is 189 Å². The number of aryl methyl sites for hydroxylation is 2. The molecule has 0 saturated carbocycles. The van der Waals surface area contributed by atoms with Gasteiger partial charge >= 0.3 is 0 Å². The summed E-state index contributed by atoms with van der Waals surface area (Å²) in [6, 6.07) is 15.5. The lowest BCUT2D eigenvalue weighted by Crippen LogP contribution is -2.17. The van der Waals surface area contributed by atoms with Crippen molar-refractivity contribution in [3.8, 4) is 23.0 Å². The third-order valence-corrected chi connectivity index (χ3v) is 7.48. The fourth-order valence-electron chi connectivity index (χ4n) is 3.71. The van der Waals surface area contributed by atoms with Crippen molar-refractivity contribution in [3.63, 3.8) is 0 Å². The van der Waals surface area contributed by atoms with E-state index in [0.29, 0.717) is 34.1 Å². The van der Waals surface area contributed by atoms with Crippen molar-refractivity contribution in [2.24, 2.45) is 0 Å². The van der Waals surface area contributed by atoms with Gasteiger partial charge < -0.3 is 18.9 Å². The number of methoxy groups -OCH3 is 4. The number of hydrogen-bond donors (Lipinski definition) is 0. The molecule has 3 aromatic rings. The molecular formula is C25H28O6S. The Bertz CT molecular complexity index is 1200. The molecule has 1 unspecified atom stereocenters. The SMILES string of the molecule is COc1ccc(C(c2cc(OC)c(OC)cc2OC)S(=O)(=O)c2ccc(C)cc2)cc1C. The minimum atomic E-state index is -3.85. The first-order chi connectivity index (χ1) is 15.3. The average Bonchev–Trinajstić information content (AvgIpc) is 2.79. The summed E-state index contributed by atoms with van der Waals surface area (Å²) in [4.78, 5) is 0.221. The molecule has 1 atom stereocenters. The molecule has 0 aromatic heterocycles. The zero-order valence-electron chi connectivity index (χ0n) is 19.1. The van der Waals surface area contributed by atoms with Gasteiger partial charge in [-0.05, 0) is 49.2 Å². The van der Waals surface area contributed by atoms with Crippen LogP contribution in [0.4, 0.5) is 0 Å². The molecule has 3 aromatic carbocycles. The molecule has 0 aliphatic carbocycles. The first kappa shape index (κ1) is 23.5. The van der Waals surface area contributed by atoms with Crippen LogP contribution in [0.1, 0.15) is 27.5 Å². The maximum atomic E-state index is 14.0. The summed E-state index contributed by atoms with van der Waals surface area (Å²) in [5, 5.41) is -1.04.